The number of halogens is 3. The highest BCUT2D eigenvalue weighted by Crippen LogP contribution is 2.34. The Balaban J connectivity index is 0.672. The van der Waals surface area contributed by atoms with E-state index in [9.17, 15) is 23.8 Å². The second-order valence-corrected chi connectivity index (χ2v) is 16.8. The number of pyridine rings is 2. The number of anilines is 3. The maximum Gasteiger partial charge on any atom is 0.335 e. The molecule has 1 unspecified atom stereocenters. The Bertz CT molecular complexity index is 2820. The average molecular weight is 1030 g/mol. The fourth-order valence-electron chi connectivity index (χ4n) is 7.18. The van der Waals surface area contributed by atoms with Gasteiger partial charge in [0.2, 0.25) is 0 Å². The summed E-state index contributed by atoms with van der Waals surface area (Å²) in [5.41, 5.74) is 3.70. The minimum absolute atomic E-state index is 0.0251. The fraction of sp³-hybridized carbons (Fsp3) is 0.315. The zero-order chi connectivity index (χ0) is 51.0. The molecule has 19 heteroatoms. The molecule has 0 aliphatic heterocycles. The van der Waals surface area contributed by atoms with Crippen LogP contribution in [-0.2, 0) is 36.9 Å². The lowest BCUT2D eigenvalue weighted by Crippen LogP contribution is -2.33. The predicted molar refractivity (Wildman–Crippen MR) is 274 cm³/mol. The zero-order valence-corrected chi connectivity index (χ0v) is 40.8. The largest absolute Gasteiger partial charge is 0.491 e. The van der Waals surface area contributed by atoms with Crippen molar-refractivity contribution < 1.29 is 61.7 Å². The lowest BCUT2D eigenvalue weighted by Gasteiger charge is -2.17. The number of aromatic nitrogens is 2. The molecule has 0 aliphatic rings. The molecule has 0 fully saturated rings. The number of ether oxygens (including phenoxy) is 8. The summed E-state index contributed by atoms with van der Waals surface area (Å²) in [6.45, 7) is 5.97. The van der Waals surface area contributed by atoms with Crippen LogP contribution in [0.4, 0.5) is 26.0 Å². The maximum atomic E-state index is 13.4. The van der Waals surface area contributed by atoms with Crippen LogP contribution in [0.25, 0.3) is 21.7 Å². The van der Waals surface area contributed by atoms with Gasteiger partial charge in [-0.15, -0.1) is 0 Å². The number of rotatable bonds is 33. The van der Waals surface area contributed by atoms with E-state index in [1.54, 1.807) is 79.1 Å². The van der Waals surface area contributed by atoms with Gasteiger partial charge in [0.25, 0.3) is 0 Å². The van der Waals surface area contributed by atoms with Gasteiger partial charge in [0.15, 0.2) is 11.5 Å². The van der Waals surface area contributed by atoms with Crippen molar-refractivity contribution >= 4 is 56.4 Å². The van der Waals surface area contributed by atoms with Crippen molar-refractivity contribution in [1.29, 1.82) is 0 Å². The van der Waals surface area contributed by atoms with Crippen molar-refractivity contribution in [2.45, 2.75) is 19.3 Å². The normalized spacial score (nSPS) is 11.7. The number of carboxylic acid groups (broad SMARTS) is 1. The van der Waals surface area contributed by atoms with Crippen LogP contribution in [-0.4, -0.2) is 125 Å². The molecule has 0 saturated carbocycles. The number of aromatic carboxylic acids is 1. The molecule has 0 saturated heterocycles. The van der Waals surface area contributed by atoms with E-state index in [0.29, 0.717) is 118 Å². The third-order valence-electron chi connectivity index (χ3n) is 10.8. The molecule has 5 N–H and O–H groups in total. The molecule has 2 aromatic heterocycles. The highest BCUT2D eigenvalue weighted by atomic mass is 35.5. The predicted octanol–water partition coefficient (Wildman–Crippen LogP) is 8.84. The molecule has 16 nitrogen and oxygen atoms in total. The van der Waals surface area contributed by atoms with Gasteiger partial charge in [0, 0.05) is 70.7 Å². The Morgan fingerprint density at radius 2 is 1.22 bits per heavy atom. The maximum absolute atomic E-state index is 13.4. The molecule has 0 amide bonds. The summed E-state index contributed by atoms with van der Waals surface area (Å²) in [7, 11) is 0. The second kappa shape index (κ2) is 29.1. The third kappa shape index (κ3) is 18.1. The van der Waals surface area contributed by atoms with Crippen molar-refractivity contribution in [3.63, 3.8) is 0 Å². The number of carboxylic acids is 1. The number of carbonyl (C=O) groups is 1. The van der Waals surface area contributed by atoms with Gasteiger partial charge >= 0.3 is 5.97 Å². The Kier molecular flexibility index (Phi) is 21.5. The van der Waals surface area contributed by atoms with E-state index < -0.39 is 12.1 Å². The zero-order valence-electron chi connectivity index (χ0n) is 40.0. The topological polar surface area (TPSA) is 193 Å². The first-order chi connectivity index (χ1) is 35.7. The van der Waals surface area contributed by atoms with Crippen LogP contribution >= 0.6 is 11.6 Å². The lowest BCUT2D eigenvalue weighted by molar-refractivity contribution is -0.0103. The summed E-state index contributed by atoms with van der Waals surface area (Å²) < 4.78 is 72.7. The van der Waals surface area contributed by atoms with Gasteiger partial charge < -0.3 is 64.1 Å². The molecule has 386 valence electrons. The Morgan fingerprint density at radius 3 is 1.86 bits per heavy atom. The number of aliphatic hydroxyl groups excluding tert-OH is 1. The molecule has 5 aromatic carbocycles. The molecule has 7 rings (SSSR count). The average Bonchev–Trinajstić information content (AvgIpc) is 3.39. The van der Waals surface area contributed by atoms with E-state index in [2.05, 4.69) is 20.9 Å². The molecule has 0 spiro atoms. The molecular weight excluding hydrogens is 968 g/mol. The Morgan fingerprint density at radius 1 is 0.616 bits per heavy atom. The van der Waals surface area contributed by atoms with Gasteiger partial charge in [-0.25, -0.2) is 18.6 Å². The lowest BCUT2D eigenvalue weighted by atomic mass is 10.1. The number of hydrogen-bond acceptors (Lipinski definition) is 15. The van der Waals surface area contributed by atoms with Gasteiger partial charge in [-0.2, -0.15) is 0 Å². The first kappa shape index (κ1) is 54.0. The molecule has 2 heterocycles. The van der Waals surface area contributed by atoms with Gasteiger partial charge in [0.05, 0.1) is 77.1 Å². The van der Waals surface area contributed by atoms with E-state index in [0.717, 1.165) is 33.0 Å². The van der Waals surface area contributed by atoms with Gasteiger partial charge in [-0.05, 0) is 83.9 Å². The highest BCUT2D eigenvalue weighted by molar-refractivity contribution is 6.31. The molecule has 7 aromatic rings. The van der Waals surface area contributed by atoms with E-state index in [-0.39, 0.29) is 43.6 Å². The molecule has 1 atom stereocenters. The molecular formula is C54H58ClF2N5O11. The van der Waals surface area contributed by atoms with Crippen molar-refractivity contribution in [3.05, 3.63) is 155 Å². The third-order valence-corrected chi connectivity index (χ3v) is 11.1. The number of fused-ring (bicyclic) bond motifs is 3. The van der Waals surface area contributed by atoms with E-state index in [1.165, 1.54) is 24.3 Å². The van der Waals surface area contributed by atoms with Crippen molar-refractivity contribution in [2.24, 2.45) is 0 Å². The SMILES string of the molecule is O=C(O)c1ccc2c(c1)nc(Nc1cc(Cl)cc(NCCOCCOCCOCCOCCOCCNCC(O)COc3ccc(OCc4ccc(F)cc4)c(OCc4ccc(F)cc4)c3)c1)c1ccncc12. The summed E-state index contributed by atoms with van der Waals surface area (Å²) in [5, 5.41) is 32.8. The van der Waals surface area contributed by atoms with Crippen LogP contribution in [0.1, 0.15) is 21.5 Å². The van der Waals surface area contributed by atoms with Gasteiger partial charge in [-0.1, -0.05) is 41.9 Å². The Labute approximate surface area is 426 Å². The van der Waals surface area contributed by atoms with Crippen LogP contribution in [0.2, 0.25) is 5.02 Å². The minimum atomic E-state index is -1.03. The van der Waals surface area contributed by atoms with Crippen LogP contribution in [0.15, 0.2) is 122 Å². The molecule has 73 heavy (non-hydrogen) atoms. The number of nitrogens with zero attached hydrogens (tertiary/aromatic N) is 2. The minimum Gasteiger partial charge on any atom is -0.491 e. The van der Waals surface area contributed by atoms with Crippen molar-refractivity contribution in [1.82, 2.24) is 15.3 Å². The molecule has 0 bridgehead atoms. The summed E-state index contributed by atoms with van der Waals surface area (Å²) in [5.74, 6) is 0.138. The van der Waals surface area contributed by atoms with Crippen LogP contribution in [0.5, 0.6) is 17.2 Å². The monoisotopic (exact) mass is 1030 g/mol. The van der Waals surface area contributed by atoms with Crippen LogP contribution < -0.4 is 30.2 Å². The summed E-state index contributed by atoms with van der Waals surface area (Å²) in [6, 6.07) is 29.3. The smallest absolute Gasteiger partial charge is 0.335 e. The molecule has 0 aliphatic carbocycles. The van der Waals surface area contributed by atoms with Crippen LogP contribution in [0.3, 0.4) is 0 Å². The number of nitrogens with one attached hydrogen (secondary N) is 3. The first-order valence-electron chi connectivity index (χ1n) is 23.7. The first-order valence-corrected chi connectivity index (χ1v) is 24.1. The summed E-state index contributed by atoms with van der Waals surface area (Å²) >= 11 is 6.47. The van der Waals surface area contributed by atoms with Gasteiger partial charge in [-0.3, -0.25) is 4.98 Å². The number of hydrogen-bond donors (Lipinski definition) is 5. The summed E-state index contributed by atoms with van der Waals surface area (Å²) in [6.07, 6.45) is 2.63. The number of aliphatic hydroxyl groups is 1. The van der Waals surface area contributed by atoms with Crippen molar-refractivity contribution in [2.75, 3.05) is 103 Å². The quantitative estimate of drug-likeness (QED) is 0.0193. The number of benzene rings is 5. The standard InChI is InChI=1S/C54H58ClF2N5O11/c55-40-28-43(30-44(29-40)61-53-48-13-14-58-33-49(48)47-11-5-39(54(64)65)27-50(47)62-53)60-16-18-67-20-22-69-24-26-70-25-23-68-21-19-66-17-15-59-32-45(63)36-71-46-10-12-51(72-34-37-1-6-41(56)7-2-37)52(31-46)73-35-38-3-8-42(57)9-4-38/h1-14,27-31,33,45,59-60,63H,15-26,32,34-36H2,(H,61,62)(H,64,65). The van der Waals surface area contributed by atoms with E-state index in [1.807, 2.05) is 18.2 Å². The van der Waals surface area contributed by atoms with Crippen LogP contribution in [0, 0.1) is 11.6 Å². The highest BCUT2D eigenvalue weighted by Gasteiger charge is 2.14. The molecule has 0 radical (unpaired) electrons. The van der Waals surface area contributed by atoms with E-state index in [4.69, 9.17) is 54.5 Å². The second-order valence-electron chi connectivity index (χ2n) is 16.4. The fourth-order valence-corrected chi connectivity index (χ4v) is 7.42. The summed E-state index contributed by atoms with van der Waals surface area (Å²) in [4.78, 5) is 20.6. The van der Waals surface area contributed by atoms with E-state index >= 15 is 0 Å². The van der Waals surface area contributed by atoms with Crippen molar-refractivity contribution in [3.8, 4) is 17.2 Å². The Hall–Kier alpha value is -6.74. The van der Waals surface area contributed by atoms with Gasteiger partial charge in [0.1, 0.15) is 49.1 Å².